The van der Waals surface area contributed by atoms with E-state index in [2.05, 4.69) is 94.3 Å². The van der Waals surface area contributed by atoms with E-state index >= 15 is 0 Å². The minimum atomic E-state index is -2.25. The topological polar surface area (TPSA) is 123 Å². The van der Waals surface area contributed by atoms with Crippen molar-refractivity contribution in [1.82, 2.24) is 14.2 Å². The van der Waals surface area contributed by atoms with Crippen LogP contribution in [0.1, 0.15) is 49.6 Å². The second-order valence-electron chi connectivity index (χ2n) is 17.6. The number of carbonyl (C=O) groups is 1. The molecular formula is C52H57N4O8PSi. The lowest BCUT2D eigenvalue weighted by molar-refractivity contribution is -0.118. The van der Waals surface area contributed by atoms with Gasteiger partial charge in [-0.1, -0.05) is 146 Å². The van der Waals surface area contributed by atoms with Gasteiger partial charge < -0.3 is 33.3 Å². The van der Waals surface area contributed by atoms with Gasteiger partial charge >= 0.3 is 5.69 Å². The van der Waals surface area contributed by atoms with Crippen molar-refractivity contribution in [2.45, 2.75) is 75.5 Å². The molecular weight excluding hydrogens is 868 g/mol. The summed E-state index contributed by atoms with van der Waals surface area (Å²) in [5.41, 5.74) is 1.00. The molecule has 0 unspecified atom stereocenters. The second kappa shape index (κ2) is 19.8. The molecule has 3 fully saturated rings. The number of hydrogen-bond acceptors (Lipinski definition) is 10. The third-order valence-electron chi connectivity index (χ3n) is 13.3. The maximum atomic E-state index is 13.7. The fraction of sp³-hybridized carbons (Fsp3) is 0.327. The third-order valence-corrected chi connectivity index (χ3v) is 19.5. The summed E-state index contributed by atoms with van der Waals surface area (Å²) in [5.74, 6) is 1.12. The summed E-state index contributed by atoms with van der Waals surface area (Å²) in [6, 6.07) is 50.5. The Morgan fingerprint density at radius 2 is 1.36 bits per heavy atom. The number of methoxy groups -OCH3 is 2. The molecule has 0 spiro atoms. The van der Waals surface area contributed by atoms with Crippen LogP contribution in [0.4, 0.5) is 5.82 Å². The highest BCUT2D eigenvalue weighted by Crippen LogP contribution is 2.60. The Bertz CT molecular complexity index is 2540. The number of benzene rings is 5. The van der Waals surface area contributed by atoms with Crippen LogP contribution in [0.15, 0.2) is 157 Å². The molecule has 4 heterocycles. The van der Waals surface area contributed by atoms with Crippen LogP contribution in [0.3, 0.4) is 0 Å². The normalized spacial score (nSPS) is 21.8. The number of anilines is 1. The van der Waals surface area contributed by atoms with Crippen molar-refractivity contribution < 1.29 is 32.8 Å². The van der Waals surface area contributed by atoms with E-state index in [4.69, 9.17) is 28.0 Å². The molecule has 0 saturated carbocycles. The van der Waals surface area contributed by atoms with E-state index < -0.39 is 46.3 Å². The molecule has 66 heavy (non-hydrogen) atoms. The minimum Gasteiger partial charge on any atom is -0.497 e. The molecule has 12 nitrogen and oxygen atoms in total. The molecule has 1 N–H and O–H groups in total. The highest BCUT2D eigenvalue weighted by Gasteiger charge is 2.54. The molecule has 6 aromatic rings. The SMILES string of the molecule is COc1ccc(C(OC[C@H]2O[C@@H](n3ccc(NC(=O)C(C)C)nc3=O)C[C@@H]2O[P@@]2O[C@H](C[Si](C)(c3ccccc3)c3ccccc3)[C@@H]3CCN32)(c2ccccc2)c2ccc(OC)cc2)cc1. The van der Waals surface area contributed by atoms with Gasteiger partial charge in [-0.3, -0.25) is 9.36 Å². The van der Waals surface area contributed by atoms with E-state index in [-0.39, 0.29) is 36.4 Å². The van der Waals surface area contributed by atoms with Gasteiger partial charge in [0.15, 0.2) is 0 Å². The predicted octanol–water partition coefficient (Wildman–Crippen LogP) is 8.13. The first-order chi connectivity index (χ1) is 32.1. The average Bonchev–Trinajstić information content (AvgIpc) is 3.84. The average molecular weight is 925 g/mol. The lowest BCUT2D eigenvalue weighted by atomic mass is 9.80. The molecule has 9 rings (SSSR count). The molecule has 0 radical (unpaired) electrons. The van der Waals surface area contributed by atoms with E-state index in [1.807, 2.05) is 66.7 Å². The summed E-state index contributed by atoms with van der Waals surface area (Å²) < 4.78 is 43.5. The van der Waals surface area contributed by atoms with Crippen LogP contribution >= 0.6 is 8.53 Å². The summed E-state index contributed by atoms with van der Waals surface area (Å²) in [5, 5.41) is 5.48. The Kier molecular flexibility index (Phi) is 13.7. The summed E-state index contributed by atoms with van der Waals surface area (Å²) in [6.45, 7) is 6.98. The number of nitrogens with one attached hydrogen (secondary N) is 1. The van der Waals surface area contributed by atoms with Crippen molar-refractivity contribution in [3.8, 4) is 11.5 Å². The molecule has 1 amide bonds. The highest BCUT2D eigenvalue weighted by atomic mass is 31.2. The van der Waals surface area contributed by atoms with Gasteiger partial charge in [0.2, 0.25) is 5.91 Å². The molecule has 6 atom stereocenters. The Labute approximate surface area is 388 Å². The highest BCUT2D eigenvalue weighted by molar-refractivity contribution is 7.45. The van der Waals surface area contributed by atoms with Gasteiger partial charge in [-0.25, -0.2) is 9.46 Å². The zero-order chi connectivity index (χ0) is 45.8. The molecule has 342 valence electrons. The fourth-order valence-electron chi connectivity index (χ4n) is 9.40. The van der Waals surface area contributed by atoms with Crippen LogP contribution in [0, 0.1) is 5.92 Å². The quantitative estimate of drug-likeness (QED) is 0.0546. The van der Waals surface area contributed by atoms with Crippen molar-refractivity contribution in [2.24, 2.45) is 5.92 Å². The molecule has 14 heteroatoms. The van der Waals surface area contributed by atoms with Gasteiger partial charge in [-0.2, -0.15) is 4.98 Å². The summed E-state index contributed by atoms with van der Waals surface area (Å²) >= 11 is 0. The van der Waals surface area contributed by atoms with Gasteiger partial charge in [0.05, 0.1) is 33.0 Å². The minimum absolute atomic E-state index is 0.0222. The monoisotopic (exact) mass is 924 g/mol. The number of ether oxygens (including phenoxy) is 4. The Hall–Kier alpha value is -5.50. The van der Waals surface area contributed by atoms with Gasteiger partial charge in [-0.05, 0) is 59.5 Å². The van der Waals surface area contributed by atoms with Crippen LogP contribution in [-0.2, 0) is 28.9 Å². The Balaban J connectivity index is 1.05. The first kappa shape index (κ1) is 45.6. The van der Waals surface area contributed by atoms with Gasteiger partial charge in [0, 0.05) is 31.1 Å². The predicted molar refractivity (Wildman–Crippen MR) is 259 cm³/mol. The number of aromatic nitrogens is 2. The maximum absolute atomic E-state index is 13.7. The maximum Gasteiger partial charge on any atom is 0.351 e. The van der Waals surface area contributed by atoms with Crippen molar-refractivity contribution in [3.63, 3.8) is 0 Å². The van der Waals surface area contributed by atoms with Crippen molar-refractivity contribution >= 4 is 38.7 Å². The first-order valence-corrected chi connectivity index (χ1v) is 26.5. The number of amides is 1. The summed E-state index contributed by atoms with van der Waals surface area (Å²) in [4.78, 5) is 30.5. The molecule has 3 saturated heterocycles. The van der Waals surface area contributed by atoms with Crippen LogP contribution < -0.4 is 30.9 Å². The standard InChI is InChI=1S/C52H57N4O8PSi/c1-36(2)50(57)53-48-30-31-55(51(58)54-48)49-33-45(63-65-56-32-29-44(56)47(64-65)35-66(5,42-17-11-7-12-18-42)43-19-13-8-14-20-43)46(62-49)34-61-52(37-15-9-6-10-16-37,38-21-25-40(59-3)26-22-38)39-23-27-41(60-4)28-24-39/h6-28,30-31,36,44-47,49H,29,32-35H2,1-5H3,(H,53,54,57,58)/t44-,45-,46+,47+,49+,65-/m0/s1. The molecule has 3 aliphatic rings. The molecule has 3 aliphatic heterocycles. The number of nitrogens with zero attached hydrogens (tertiary/aromatic N) is 3. The van der Waals surface area contributed by atoms with Crippen molar-refractivity contribution in [3.05, 3.63) is 179 Å². The largest absolute Gasteiger partial charge is 0.497 e. The van der Waals surface area contributed by atoms with Crippen LogP contribution in [0.2, 0.25) is 12.6 Å². The third kappa shape index (κ3) is 9.14. The number of carbonyl (C=O) groups excluding carboxylic acids is 1. The van der Waals surface area contributed by atoms with Crippen molar-refractivity contribution in [2.75, 3.05) is 32.7 Å². The van der Waals surface area contributed by atoms with Crippen LogP contribution in [0.5, 0.6) is 11.5 Å². The first-order valence-electron chi connectivity index (χ1n) is 22.6. The lowest BCUT2D eigenvalue weighted by Gasteiger charge is -2.39. The van der Waals surface area contributed by atoms with Gasteiger partial charge in [0.1, 0.15) is 43.3 Å². The molecule has 1 aromatic heterocycles. The smallest absolute Gasteiger partial charge is 0.351 e. The van der Waals surface area contributed by atoms with E-state index in [0.717, 1.165) is 47.2 Å². The Morgan fingerprint density at radius 3 is 1.88 bits per heavy atom. The fourth-order valence-corrected chi connectivity index (χ4v) is 15.3. The lowest BCUT2D eigenvalue weighted by Crippen LogP contribution is -2.59. The van der Waals surface area contributed by atoms with Crippen LogP contribution in [0.25, 0.3) is 0 Å². The van der Waals surface area contributed by atoms with Crippen LogP contribution in [-0.4, -0.2) is 79.9 Å². The van der Waals surface area contributed by atoms with Gasteiger partial charge in [-0.15, -0.1) is 0 Å². The van der Waals surface area contributed by atoms with Gasteiger partial charge in [0.25, 0.3) is 8.53 Å². The molecule has 5 aromatic carbocycles. The summed E-state index contributed by atoms with van der Waals surface area (Å²) in [6.07, 6.45) is 1.06. The van der Waals surface area contributed by atoms with E-state index in [9.17, 15) is 9.59 Å². The second-order valence-corrected chi connectivity index (χ2v) is 23.3. The number of rotatable bonds is 17. The zero-order valence-electron chi connectivity index (χ0n) is 38.0. The molecule has 0 bridgehead atoms. The zero-order valence-corrected chi connectivity index (χ0v) is 39.9. The number of hydrogen-bond donors (Lipinski definition) is 1. The summed E-state index contributed by atoms with van der Waals surface area (Å²) in [7, 11) is -0.430. The van der Waals surface area contributed by atoms with E-state index in [0.29, 0.717) is 6.42 Å². The van der Waals surface area contributed by atoms with E-state index in [1.54, 1.807) is 40.3 Å². The van der Waals surface area contributed by atoms with Crippen molar-refractivity contribution in [1.29, 1.82) is 0 Å². The van der Waals surface area contributed by atoms with E-state index in [1.165, 1.54) is 14.9 Å². The molecule has 0 aliphatic carbocycles. The number of fused-ring (bicyclic) bond motifs is 1. The Morgan fingerprint density at radius 1 is 0.803 bits per heavy atom.